The second-order valence-electron chi connectivity index (χ2n) is 10.1. The first-order chi connectivity index (χ1) is 20.8. The number of hydrogen-bond acceptors (Lipinski definition) is 11. The van der Waals surface area contributed by atoms with E-state index in [1.807, 2.05) is 0 Å². The minimum atomic E-state index is -0.544. The monoisotopic (exact) mass is 597 g/mol. The van der Waals surface area contributed by atoms with Crippen LogP contribution in [0.4, 0.5) is 10.5 Å². The number of nitrogens with zero attached hydrogens (tertiary/aromatic N) is 3. The molecule has 4 rings (SSSR count). The fourth-order valence-corrected chi connectivity index (χ4v) is 5.13. The Morgan fingerprint density at radius 1 is 0.953 bits per heavy atom. The number of carbonyl (C=O) groups excluding carboxylic acids is 3. The lowest BCUT2D eigenvalue weighted by Crippen LogP contribution is -2.49. The Labute approximate surface area is 251 Å². The van der Waals surface area contributed by atoms with E-state index in [9.17, 15) is 14.4 Å². The second-order valence-corrected chi connectivity index (χ2v) is 10.1. The maximum Gasteiger partial charge on any atom is 0.414 e. The van der Waals surface area contributed by atoms with Gasteiger partial charge in [0.1, 0.15) is 11.9 Å². The molecule has 2 aromatic carbocycles. The number of esters is 1. The molecule has 43 heavy (non-hydrogen) atoms. The number of hydrogen-bond donors (Lipinski definition) is 2. The van der Waals surface area contributed by atoms with Gasteiger partial charge in [-0.2, -0.15) is 0 Å². The Morgan fingerprint density at radius 3 is 2.26 bits per heavy atom. The van der Waals surface area contributed by atoms with E-state index in [-0.39, 0.29) is 35.0 Å². The van der Waals surface area contributed by atoms with Crippen molar-refractivity contribution in [2.45, 2.75) is 19.4 Å². The number of amides is 2. The van der Waals surface area contributed by atoms with E-state index in [4.69, 9.17) is 29.1 Å². The van der Waals surface area contributed by atoms with Gasteiger partial charge < -0.3 is 33.9 Å². The summed E-state index contributed by atoms with van der Waals surface area (Å²) in [5, 5.41) is 11.0. The molecule has 0 bridgehead atoms. The van der Waals surface area contributed by atoms with Gasteiger partial charge in [0, 0.05) is 50.5 Å². The van der Waals surface area contributed by atoms with Gasteiger partial charge >= 0.3 is 12.1 Å². The van der Waals surface area contributed by atoms with Gasteiger partial charge in [-0.05, 0) is 43.3 Å². The molecule has 13 heteroatoms. The highest BCUT2D eigenvalue weighted by Gasteiger charge is 2.34. The van der Waals surface area contributed by atoms with Crippen molar-refractivity contribution < 1.29 is 38.1 Å². The molecule has 2 aliphatic heterocycles. The molecule has 232 valence electrons. The predicted octanol–water partition coefficient (Wildman–Crippen LogP) is 2.36. The highest BCUT2D eigenvalue weighted by atomic mass is 16.6. The highest BCUT2D eigenvalue weighted by Crippen LogP contribution is 2.39. The first-order valence-electron chi connectivity index (χ1n) is 14.2. The number of nitrogens with one attached hydrogen (secondary N) is 2. The number of amidine groups is 1. The molecule has 1 atom stereocenters. The van der Waals surface area contributed by atoms with Crippen LogP contribution in [-0.4, -0.2) is 113 Å². The third-order valence-corrected chi connectivity index (χ3v) is 7.39. The largest absolute Gasteiger partial charge is 0.493 e. The molecule has 0 aliphatic carbocycles. The number of anilines is 1. The number of carbonyl (C=O) groups is 3. The Hall–Kier alpha value is -4.36. The summed E-state index contributed by atoms with van der Waals surface area (Å²) in [5.41, 5.74) is 1.28. The molecule has 0 saturated carbocycles. The van der Waals surface area contributed by atoms with Crippen LogP contribution in [0.3, 0.4) is 0 Å². The van der Waals surface area contributed by atoms with Crippen molar-refractivity contribution >= 4 is 29.5 Å². The molecule has 2 saturated heterocycles. The lowest BCUT2D eigenvalue weighted by molar-refractivity contribution is -0.143. The summed E-state index contributed by atoms with van der Waals surface area (Å²) in [6, 6.07) is 9.90. The minimum absolute atomic E-state index is 0.114. The molecule has 2 heterocycles. The third kappa shape index (κ3) is 7.73. The Bertz CT molecular complexity index is 1310. The van der Waals surface area contributed by atoms with E-state index in [0.29, 0.717) is 49.7 Å². The molecule has 0 radical (unpaired) electrons. The van der Waals surface area contributed by atoms with Gasteiger partial charge in [0.25, 0.3) is 5.91 Å². The van der Waals surface area contributed by atoms with Crippen molar-refractivity contribution in [1.82, 2.24) is 15.1 Å². The quantitative estimate of drug-likeness (QED) is 0.213. The molecule has 2 amide bonds. The van der Waals surface area contributed by atoms with Crippen LogP contribution in [0, 0.1) is 5.41 Å². The molecule has 1 unspecified atom stereocenters. The molecule has 13 nitrogen and oxygen atoms in total. The molecule has 2 N–H and O–H groups in total. The summed E-state index contributed by atoms with van der Waals surface area (Å²) in [7, 11) is 4.35. The molecular weight excluding hydrogens is 558 g/mol. The zero-order chi connectivity index (χ0) is 30.9. The molecular formula is C30H39N5O8. The van der Waals surface area contributed by atoms with Gasteiger partial charge in [0.2, 0.25) is 5.75 Å². The normalized spacial score (nSPS) is 17.3. The average molecular weight is 598 g/mol. The lowest BCUT2D eigenvalue weighted by atomic mass is 10.1. The van der Waals surface area contributed by atoms with E-state index in [2.05, 4.69) is 15.1 Å². The fourth-order valence-electron chi connectivity index (χ4n) is 5.13. The van der Waals surface area contributed by atoms with Crippen LogP contribution >= 0.6 is 0 Å². The number of ether oxygens (including phenoxy) is 5. The summed E-state index contributed by atoms with van der Waals surface area (Å²) in [6.07, 6.45) is -0.303. The summed E-state index contributed by atoms with van der Waals surface area (Å²) in [4.78, 5) is 43.3. The first kappa shape index (κ1) is 31.6. The molecule has 0 spiro atoms. The third-order valence-electron chi connectivity index (χ3n) is 7.39. The predicted molar refractivity (Wildman–Crippen MR) is 159 cm³/mol. The standard InChI is InChI=1S/C30H39N5O8/c1-5-42-25(36)12-13-33-14-16-34(17-15-33)18-22-19-35(30(38)43-22)21-8-6-20(7-9-21)28(31)32-29(37)23-10-11-24(39-2)27(41-4)26(23)40-3/h6-11,22H,5,12-19H2,1-4H3,(H2,31,32,37). The van der Waals surface area contributed by atoms with E-state index >= 15 is 0 Å². The van der Waals surface area contributed by atoms with Crippen LogP contribution in [0.1, 0.15) is 29.3 Å². The van der Waals surface area contributed by atoms with Gasteiger partial charge in [-0.1, -0.05) is 0 Å². The number of piperazine rings is 1. The lowest BCUT2D eigenvalue weighted by Gasteiger charge is -2.35. The number of methoxy groups -OCH3 is 3. The van der Waals surface area contributed by atoms with Crippen molar-refractivity contribution in [2.24, 2.45) is 0 Å². The molecule has 2 fully saturated rings. The molecule has 2 aliphatic rings. The smallest absolute Gasteiger partial charge is 0.414 e. The van der Waals surface area contributed by atoms with Crippen molar-refractivity contribution in [3.8, 4) is 17.2 Å². The van der Waals surface area contributed by atoms with Crippen LogP contribution in [0.25, 0.3) is 0 Å². The van der Waals surface area contributed by atoms with Gasteiger partial charge in [-0.15, -0.1) is 0 Å². The summed E-state index contributed by atoms with van der Waals surface area (Å²) in [5.74, 6) is 0.0508. The first-order valence-corrected chi connectivity index (χ1v) is 14.2. The molecule has 0 aromatic heterocycles. The zero-order valence-corrected chi connectivity index (χ0v) is 25.0. The van der Waals surface area contributed by atoms with Crippen LogP contribution in [0.15, 0.2) is 36.4 Å². The Kier molecular flexibility index (Phi) is 10.8. The maximum atomic E-state index is 13.0. The van der Waals surface area contributed by atoms with Crippen molar-refractivity contribution in [3.63, 3.8) is 0 Å². The van der Waals surface area contributed by atoms with Crippen LogP contribution < -0.4 is 24.4 Å². The zero-order valence-electron chi connectivity index (χ0n) is 25.0. The van der Waals surface area contributed by atoms with Crippen molar-refractivity contribution in [3.05, 3.63) is 47.5 Å². The van der Waals surface area contributed by atoms with Crippen LogP contribution in [0.5, 0.6) is 17.2 Å². The fraction of sp³-hybridized carbons (Fsp3) is 0.467. The highest BCUT2D eigenvalue weighted by molar-refractivity contribution is 6.12. The van der Waals surface area contributed by atoms with Crippen LogP contribution in [0.2, 0.25) is 0 Å². The number of rotatable bonds is 12. The topological polar surface area (TPSA) is 143 Å². The van der Waals surface area contributed by atoms with Gasteiger partial charge in [0.05, 0.1) is 46.5 Å². The van der Waals surface area contributed by atoms with E-state index in [1.165, 1.54) is 27.4 Å². The van der Waals surface area contributed by atoms with Gasteiger partial charge in [0.15, 0.2) is 11.5 Å². The van der Waals surface area contributed by atoms with Gasteiger partial charge in [-0.25, -0.2) is 4.79 Å². The SMILES string of the molecule is CCOC(=O)CCN1CCN(CC2CN(c3ccc(C(=N)NC(=O)c4ccc(OC)c(OC)c4OC)cc3)C(=O)O2)CC1. The summed E-state index contributed by atoms with van der Waals surface area (Å²) >= 11 is 0. The average Bonchev–Trinajstić information content (AvgIpc) is 3.39. The van der Waals surface area contributed by atoms with E-state index in [0.717, 1.165) is 26.2 Å². The van der Waals surface area contributed by atoms with Crippen molar-refractivity contribution in [1.29, 1.82) is 5.41 Å². The number of cyclic esters (lactones) is 1. The number of benzene rings is 2. The summed E-state index contributed by atoms with van der Waals surface area (Å²) in [6.45, 7) is 7.26. The van der Waals surface area contributed by atoms with E-state index in [1.54, 1.807) is 42.2 Å². The van der Waals surface area contributed by atoms with Gasteiger partial charge in [-0.3, -0.25) is 24.8 Å². The van der Waals surface area contributed by atoms with Crippen molar-refractivity contribution in [2.75, 3.05) is 78.6 Å². The molecule has 2 aromatic rings. The van der Waals surface area contributed by atoms with Crippen LogP contribution in [-0.2, 0) is 14.3 Å². The Balaban J connectivity index is 1.29. The second kappa shape index (κ2) is 14.7. The summed E-state index contributed by atoms with van der Waals surface area (Å²) < 4.78 is 26.6. The minimum Gasteiger partial charge on any atom is -0.493 e. The van der Waals surface area contributed by atoms with E-state index < -0.39 is 12.0 Å². The Morgan fingerprint density at radius 2 is 1.63 bits per heavy atom. The maximum absolute atomic E-state index is 13.0.